The molecule has 5 N–H and O–H groups in total. The van der Waals surface area contributed by atoms with Crippen molar-refractivity contribution in [2.24, 2.45) is 5.73 Å². The highest BCUT2D eigenvalue weighted by atomic mass is 16.5. The van der Waals surface area contributed by atoms with Gasteiger partial charge in [-0.2, -0.15) is 0 Å². The zero-order valence-corrected chi connectivity index (χ0v) is 8.49. The molecule has 0 saturated carbocycles. The molecule has 15 heavy (non-hydrogen) atoms. The van der Waals surface area contributed by atoms with Crippen molar-refractivity contribution in [2.45, 2.75) is 0 Å². The van der Waals surface area contributed by atoms with Gasteiger partial charge in [0.05, 0.1) is 7.11 Å². The molecule has 6 nitrogen and oxygen atoms in total. The lowest BCUT2D eigenvalue weighted by atomic mass is 10.2. The third-order valence-electron chi connectivity index (χ3n) is 1.78. The van der Waals surface area contributed by atoms with Crippen LogP contribution >= 0.6 is 0 Å². The van der Waals surface area contributed by atoms with Crippen molar-refractivity contribution in [2.75, 3.05) is 31.2 Å². The number of nitrogen functional groups attached to an aromatic ring is 1. The molecule has 0 spiro atoms. The second-order valence-electron chi connectivity index (χ2n) is 2.84. The Hall–Kier alpha value is -1.82. The molecule has 1 rings (SSSR count). The molecule has 0 saturated heterocycles. The molecular formula is C9H14N4O2. The van der Waals surface area contributed by atoms with Crippen LogP contribution in [-0.4, -0.2) is 31.2 Å². The van der Waals surface area contributed by atoms with Crippen molar-refractivity contribution in [1.82, 2.24) is 4.98 Å². The molecule has 0 atom stereocenters. The van der Waals surface area contributed by atoms with Crippen LogP contribution in [0.1, 0.15) is 10.4 Å². The van der Waals surface area contributed by atoms with Crippen LogP contribution in [0.25, 0.3) is 0 Å². The van der Waals surface area contributed by atoms with E-state index < -0.39 is 5.97 Å². The fraction of sp³-hybridized carbons (Fsp3) is 0.333. The molecule has 0 fully saturated rings. The molecule has 1 aromatic rings. The van der Waals surface area contributed by atoms with Gasteiger partial charge in [-0.15, -0.1) is 0 Å². The van der Waals surface area contributed by atoms with Crippen molar-refractivity contribution < 1.29 is 9.53 Å². The number of hydrogen-bond donors (Lipinski definition) is 3. The highest BCUT2D eigenvalue weighted by Crippen LogP contribution is 2.13. The number of methoxy groups -OCH3 is 1. The maximum absolute atomic E-state index is 11.2. The number of carbonyl (C=O) groups excluding carboxylic acids is 1. The second-order valence-corrected chi connectivity index (χ2v) is 2.84. The zero-order valence-electron chi connectivity index (χ0n) is 8.49. The highest BCUT2D eigenvalue weighted by Gasteiger charge is 2.10. The number of pyridine rings is 1. The summed E-state index contributed by atoms with van der Waals surface area (Å²) in [6.07, 6.45) is 0. The minimum atomic E-state index is -0.495. The molecule has 0 aliphatic carbocycles. The quantitative estimate of drug-likeness (QED) is 0.596. The number of ether oxygens (including phenoxy) is 1. The Bertz CT molecular complexity index is 354. The maximum atomic E-state index is 11.2. The maximum Gasteiger partial charge on any atom is 0.341 e. The van der Waals surface area contributed by atoms with Crippen molar-refractivity contribution in [3.8, 4) is 0 Å². The van der Waals surface area contributed by atoms with Crippen LogP contribution in [0.3, 0.4) is 0 Å². The lowest BCUT2D eigenvalue weighted by Crippen LogP contribution is -2.15. The van der Waals surface area contributed by atoms with Gasteiger partial charge in [0.2, 0.25) is 0 Å². The predicted octanol–water partition coefficient (Wildman–Crippen LogP) is -0.179. The van der Waals surface area contributed by atoms with E-state index in [-0.39, 0.29) is 11.4 Å². The molecule has 1 aromatic heterocycles. The average molecular weight is 210 g/mol. The first kappa shape index (κ1) is 11.3. The lowest BCUT2D eigenvalue weighted by Gasteiger charge is -2.07. The first-order chi connectivity index (χ1) is 7.19. The smallest absolute Gasteiger partial charge is 0.341 e. The van der Waals surface area contributed by atoms with Crippen LogP contribution in [0, 0.1) is 0 Å². The number of nitrogens with two attached hydrogens (primary N) is 2. The minimum absolute atomic E-state index is 0.142. The van der Waals surface area contributed by atoms with E-state index in [1.165, 1.54) is 7.11 Å². The van der Waals surface area contributed by atoms with E-state index in [1.807, 2.05) is 0 Å². The summed E-state index contributed by atoms with van der Waals surface area (Å²) in [5.74, 6) is 0.236. The molecule has 0 radical (unpaired) electrons. The summed E-state index contributed by atoms with van der Waals surface area (Å²) in [4.78, 5) is 15.2. The third kappa shape index (κ3) is 2.81. The number of esters is 1. The third-order valence-corrected chi connectivity index (χ3v) is 1.78. The van der Waals surface area contributed by atoms with Gasteiger partial charge in [0.1, 0.15) is 17.2 Å². The standard InChI is InChI=1S/C9H14N4O2/c1-15-9(14)6-2-3-7(12-5-4-10)13-8(6)11/h2-3H,4-5,10H2,1H3,(H3,11,12,13). The van der Waals surface area contributed by atoms with E-state index in [0.29, 0.717) is 18.9 Å². The first-order valence-corrected chi connectivity index (χ1v) is 4.47. The van der Waals surface area contributed by atoms with Gasteiger partial charge in [0.25, 0.3) is 0 Å². The minimum Gasteiger partial charge on any atom is -0.465 e. The fourth-order valence-electron chi connectivity index (χ4n) is 1.06. The molecule has 82 valence electrons. The van der Waals surface area contributed by atoms with Gasteiger partial charge >= 0.3 is 5.97 Å². The van der Waals surface area contributed by atoms with Crippen LogP contribution < -0.4 is 16.8 Å². The largest absolute Gasteiger partial charge is 0.465 e. The van der Waals surface area contributed by atoms with E-state index in [2.05, 4.69) is 15.0 Å². The van der Waals surface area contributed by atoms with Crippen molar-refractivity contribution >= 4 is 17.6 Å². The number of nitrogens with one attached hydrogen (secondary N) is 1. The number of nitrogens with zero attached hydrogens (tertiary/aromatic N) is 1. The normalized spacial score (nSPS) is 9.73. The van der Waals surface area contributed by atoms with Crippen LogP contribution in [0.15, 0.2) is 12.1 Å². The monoisotopic (exact) mass is 210 g/mol. The van der Waals surface area contributed by atoms with Crippen molar-refractivity contribution in [1.29, 1.82) is 0 Å². The van der Waals surface area contributed by atoms with E-state index in [4.69, 9.17) is 11.5 Å². The van der Waals surface area contributed by atoms with Gasteiger partial charge in [0, 0.05) is 13.1 Å². The van der Waals surface area contributed by atoms with E-state index in [9.17, 15) is 4.79 Å². The van der Waals surface area contributed by atoms with Crippen LogP contribution in [0.2, 0.25) is 0 Å². The summed E-state index contributed by atoms with van der Waals surface area (Å²) < 4.78 is 4.54. The van der Waals surface area contributed by atoms with Gasteiger partial charge in [-0.05, 0) is 12.1 Å². The Morgan fingerprint density at radius 2 is 2.33 bits per heavy atom. The van der Waals surface area contributed by atoms with Crippen molar-refractivity contribution in [3.05, 3.63) is 17.7 Å². The van der Waals surface area contributed by atoms with E-state index in [0.717, 1.165) is 0 Å². The molecule has 6 heteroatoms. The predicted molar refractivity (Wildman–Crippen MR) is 57.5 cm³/mol. The van der Waals surface area contributed by atoms with Gasteiger partial charge in [-0.1, -0.05) is 0 Å². The summed E-state index contributed by atoms with van der Waals surface area (Å²) in [7, 11) is 1.29. The average Bonchev–Trinajstić information content (AvgIpc) is 2.25. The Morgan fingerprint density at radius 1 is 1.60 bits per heavy atom. The lowest BCUT2D eigenvalue weighted by molar-refractivity contribution is 0.0601. The molecule has 0 aliphatic rings. The number of aromatic nitrogens is 1. The molecule has 1 heterocycles. The number of carbonyl (C=O) groups is 1. The Morgan fingerprint density at radius 3 is 2.87 bits per heavy atom. The zero-order chi connectivity index (χ0) is 11.3. The Balaban J connectivity index is 2.83. The highest BCUT2D eigenvalue weighted by molar-refractivity contribution is 5.94. The Labute approximate surface area is 87.6 Å². The number of anilines is 2. The number of rotatable bonds is 4. The molecule has 0 aliphatic heterocycles. The SMILES string of the molecule is COC(=O)c1ccc(NCCN)nc1N. The van der Waals surface area contributed by atoms with Crippen LogP contribution in [0.4, 0.5) is 11.6 Å². The summed E-state index contributed by atoms with van der Waals surface area (Å²) >= 11 is 0. The molecule has 0 unspecified atom stereocenters. The Kier molecular flexibility index (Phi) is 3.87. The molecule has 0 aromatic carbocycles. The molecule has 0 bridgehead atoms. The van der Waals surface area contributed by atoms with Crippen molar-refractivity contribution in [3.63, 3.8) is 0 Å². The number of hydrogen-bond acceptors (Lipinski definition) is 6. The molecule has 0 amide bonds. The second kappa shape index (κ2) is 5.16. The van der Waals surface area contributed by atoms with Gasteiger partial charge in [-0.3, -0.25) is 0 Å². The fourth-order valence-corrected chi connectivity index (χ4v) is 1.06. The first-order valence-electron chi connectivity index (χ1n) is 4.47. The van der Waals surface area contributed by atoms with Crippen LogP contribution in [-0.2, 0) is 4.74 Å². The summed E-state index contributed by atoms with van der Waals surface area (Å²) in [6.45, 7) is 1.10. The summed E-state index contributed by atoms with van der Waals surface area (Å²) in [5, 5.41) is 2.95. The van der Waals surface area contributed by atoms with Gasteiger partial charge in [0.15, 0.2) is 0 Å². The summed E-state index contributed by atoms with van der Waals surface area (Å²) in [5.41, 5.74) is 11.2. The molecular weight excluding hydrogens is 196 g/mol. The van der Waals surface area contributed by atoms with Crippen LogP contribution in [0.5, 0.6) is 0 Å². The van der Waals surface area contributed by atoms with Gasteiger partial charge < -0.3 is 21.5 Å². The topological polar surface area (TPSA) is 103 Å². The van der Waals surface area contributed by atoms with E-state index in [1.54, 1.807) is 12.1 Å². The summed E-state index contributed by atoms with van der Waals surface area (Å²) in [6, 6.07) is 3.21. The van der Waals surface area contributed by atoms with Gasteiger partial charge in [-0.25, -0.2) is 9.78 Å². The van der Waals surface area contributed by atoms with E-state index >= 15 is 0 Å².